The van der Waals surface area contributed by atoms with Crippen molar-refractivity contribution in [2.75, 3.05) is 0 Å². The number of aromatic amines is 1. The first-order valence-corrected chi connectivity index (χ1v) is 3.45. The van der Waals surface area contributed by atoms with Gasteiger partial charge in [-0.2, -0.15) is 5.26 Å². The number of aliphatic hydroxyl groups is 2. The second-order valence-electron chi connectivity index (χ2n) is 2.37. The van der Waals surface area contributed by atoms with Crippen molar-refractivity contribution in [1.82, 2.24) is 9.97 Å². The number of H-pyrrole nitrogens is 1. The second kappa shape index (κ2) is 3.80. The summed E-state index contributed by atoms with van der Waals surface area (Å²) in [5.41, 5.74) is -0.365. The zero-order valence-electron chi connectivity index (χ0n) is 6.51. The van der Waals surface area contributed by atoms with Crippen molar-refractivity contribution in [3.05, 3.63) is 28.4 Å². The van der Waals surface area contributed by atoms with Crippen LogP contribution in [0.25, 0.3) is 0 Å². The molecule has 0 aliphatic carbocycles. The molecule has 2 unspecified atom stereocenters. The minimum atomic E-state index is -1.52. The van der Waals surface area contributed by atoms with Crippen LogP contribution in [0.1, 0.15) is 11.7 Å². The lowest BCUT2D eigenvalue weighted by Gasteiger charge is -2.09. The molecule has 3 N–H and O–H groups in total. The summed E-state index contributed by atoms with van der Waals surface area (Å²) in [5, 5.41) is 26.4. The normalized spacial score (nSPS) is 14.5. The maximum Gasteiger partial charge on any atom is 0.344 e. The summed E-state index contributed by atoms with van der Waals surface area (Å²) in [6.07, 6.45) is -0.577. The third-order valence-corrected chi connectivity index (χ3v) is 1.47. The van der Waals surface area contributed by atoms with Gasteiger partial charge in [-0.25, -0.2) is 9.78 Å². The van der Waals surface area contributed by atoms with Crippen LogP contribution in [0.15, 0.2) is 17.2 Å². The number of aliphatic hydroxyl groups excluding tert-OH is 2. The molecule has 0 spiro atoms. The zero-order valence-corrected chi connectivity index (χ0v) is 6.51. The van der Waals surface area contributed by atoms with E-state index in [-0.39, 0.29) is 5.56 Å². The van der Waals surface area contributed by atoms with E-state index >= 15 is 0 Å². The minimum absolute atomic E-state index is 0.189. The summed E-state index contributed by atoms with van der Waals surface area (Å²) in [5.74, 6) is 0. The van der Waals surface area contributed by atoms with E-state index in [1.807, 2.05) is 0 Å². The Morgan fingerprint density at radius 1 is 1.62 bits per heavy atom. The maximum atomic E-state index is 10.5. The van der Waals surface area contributed by atoms with Gasteiger partial charge in [-0.1, -0.05) is 0 Å². The molecule has 0 aliphatic heterocycles. The Bertz CT molecular complexity index is 361. The van der Waals surface area contributed by atoms with Crippen molar-refractivity contribution < 1.29 is 10.2 Å². The van der Waals surface area contributed by atoms with Crippen molar-refractivity contribution in [3.63, 3.8) is 0 Å². The van der Waals surface area contributed by atoms with Crippen LogP contribution >= 0.6 is 0 Å². The fourth-order valence-corrected chi connectivity index (χ4v) is 0.767. The van der Waals surface area contributed by atoms with Crippen LogP contribution in [0, 0.1) is 11.3 Å². The lowest BCUT2D eigenvalue weighted by Crippen LogP contribution is -2.18. The van der Waals surface area contributed by atoms with Gasteiger partial charge in [0.1, 0.15) is 6.10 Å². The second-order valence-corrected chi connectivity index (χ2v) is 2.37. The molecule has 13 heavy (non-hydrogen) atoms. The Labute approximate surface area is 73.1 Å². The zero-order chi connectivity index (χ0) is 9.84. The SMILES string of the molecule is N#CC(O)C(O)c1cnc(=O)[nH]c1. The van der Waals surface area contributed by atoms with E-state index in [1.54, 1.807) is 0 Å². The molecule has 0 fully saturated rings. The fourth-order valence-electron chi connectivity index (χ4n) is 0.767. The van der Waals surface area contributed by atoms with E-state index in [2.05, 4.69) is 9.97 Å². The number of rotatable bonds is 2. The molecule has 0 saturated carbocycles. The van der Waals surface area contributed by atoms with E-state index in [4.69, 9.17) is 10.4 Å². The van der Waals surface area contributed by atoms with Gasteiger partial charge < -0.3 is 15.2 Å². The standard InChI is InChI=1S/C7H7N3O3/c8-1-5(11)6(12)4-2-9-7(13)10-3-4/h2-3,5-6,11-12H,(H,9,10,13). The van der Waals surface area contributed by atoms with Gasteiger partial charge in [0.25, 0.3) is 0 Å². The molecule has 0 bridgehead atoms. The molecule has 0 aliphatic rings. The number of aromatic nitrogens is 2. The molecule has 0 saturated heterocycles. The summed E-state index contributed by atoms with van der Waals surface area (Å²) >= 11 is 0. The lowest BCUT2D eigenvalue weighted by molar-refractivity contribution is 0.0523. The van der Waals surface area contributed by atoms with E-state index in [1.165, 1.54) is 12.3 Å². The quantitative estimate of drug-likeness (QED) is 0.490. The predicted molar refractivity (Wildman–Crippen MR) is 41.4 cm³/mol. The van der Waals surface area contributed by atoms with Crippen LogP contribution < -0.4 is 5.69 Å². The molecule has 1 aromatic rings. The highest BCUT2D eigenvalue weighted by Crippen LogP contribution is 2.12. The Hall–Kier alpha value is -1.71. The van der Waals surface area contributed by atoms with Crippen LogP contribution in [0.3, 0.4) is 0 Å². The summed E-state index contributed by atoms with van der Waals surface area (Å²) in [6.45, 7) is 0. The lowest BCUT2D eigenvalue weighted by atomic mass is 10.1. The summed E-state index contributed by atoms with van der Waals surface area (Å²) in [4.78, 5) is 16.0. The molecule has 6 nitrogen and oxygen atoms in total. The molecule has 0 radical (unpaired) electrons. The largest absolute Gasteiger partial charge is 0.384 e. The number of hydrogen-bond donors (Lipinski definition) is 3. The summed E-state index contributed by atoms with van der Waals surface area (Å²) < 4.78 is 0. The number of nitriles is 1. The highest BCUT2D eigenvalue weighted by atomic mass is 16.3. The molecule has 0 amide bonds. The number of nitrogens with zero attached hydrogens (tertiary/aromatic N) is 2. The average Bonchev–Trinajstić information content (AvgIpc) is 2.17. The van der Waals surface area contributed by atoms with Crippen LogP contribution in [0.5, 0.6) is 0 Å². The van der Waals surface area contributed by atoms with Gasteiger partial charge in [0.15, 0.2) is 6.10 Å². The van der Waals surface area contributed by atoms with E-state index in [0.29, 0.717) is 0 Å². The topological polar surface area (TPSA) is 110 Å². The first-order chi connectivity index (χ1) is 6.15. The smallest absolute Gasteiger partial charge is 0.344 e. The molecule has 68 valence electrons. The first kappa shape index (κ1) is 9.38. The van der Waals surface area contributed by atoms with Gasteiger partial charge in [0.05, 0.1) is 6.07 Å². The number of nitrogens with one attached hydrogen (secondary N) is 1. The van der Waals surface area contributed by atoms with Crippen molar-refractivity contribution in [2.45, 2.75) is 12.2 Å². The van der Waals surface area contributed by atoms with Gasteiger partial charge >= 0.3 is 5.69 Å². The molecule has 2 atom stereocenters. The van der Waals surface area contributed by atoms with Crippen LogP contribution in [-0.4, -0.2) is 26.3 Å². The number of hydrogen-bond acceptors (Lipinski definition) is 5. The third kappa shape index (κ3) is 2.11. The molecule has 6 heteroatoms. The van der Waals surface area contributed by atoms with Gasteiger partial charge in [-0.15, -0.1) is 0 Å². The molecule has 0 aromatic carbocycles. The van der Waals surface area contributed by atoms with Crippen molar-refractivity contribution in [3.8, 4) is 6.07 Å². The molecular formula is C7H7N3O3. The van der Waals surface area contributed by atoms with E-state index in [9.17, 15) is 9.90 Å². The monoisotopic (exact) mass is 181 g/mol. The van der Waals surface area contributed by atoms with Gasteiger partial charge in [0, 0.05) is 18.0 Å². The highest BCUT2D eigenvalue weighted by molar-refractivity contribution is 5.11. The maximum absolute atomic E-state index is 10.5. The van der Waals surface area contributed by atoms with Crippen molar-refractivity contribution in [2.24, 2.45) is 0 Å². The van der Waals surface area contributed by atoms with Gasteiger partial charge in [0.2, 0.25) is 0 Å². The van der Waals surface area contributed by atoms with Crippen molar-refractivity contribution in [1.29, 1.82) is 5.26 Å². The minimum Gasteiger partial charge on any atom is -0.384 e. The Morgan fingerprint density at radius 3 is 2.77 bits per heavy atom. The van der Waals surface area contributed by atoms with Crippen molar-refractivity contribution >= 4 is 0 Å². The first-order valence-electron chi connectivity index (χ1n) is 3.45. The summed E-state index contributed by atoms with van der Waals surface area (Å²) in [6, 6.07) is 1.46. The molecular weight excluding hydrogens is 174 g/mol. The highest BCUT2D eigenvalue weighted by Gasteiger charge is 2.17. The molecule has 1 aromatic heterocycles. The van der Waals surface area contributed by atoms with Crippen LogP contribution in [0.4, 0.5) is 0 Å². The Balaban J connectivity index is 2.91. The Morgan fingerprint density at radius 2 is 2.31 bits per heavy atom. The van der Waals surface area contributed by atoms with E-state index in [0.717, 1.165) is 6.20 Å². The van der Waals surface area contributed by atoms with Gasteiger partial charge in [-0.05, 0) is 0 Å². The van der Waals surface area contributed by atoms with Crippen LogP contribution in [0.2, 0.25) is 0 Å². The average molecular weight is 181 g/mol. The predicted octanol–water partition coefficient (Wildman–Crippen LogP) is -1.31. The fraction of sp³-hybridized carbons (Fsp3) is 0.286. The van der Waals surface area contributed by atoms with Crippen LogP contribution in [-0.2, 0) is 0 Å². The third-order valence-electron chi connectivity index (χ3n) is 1.47. The molecule has 1 heterocycles. The summed E-state index contributed by atoms with van der Waals surface area (Å²) in [7, 11) is 0. The Kier molecular flexibility index (Phi) is 2.74. The molecule has 1 rings (SSSR count). The van der Waals surface area contributed by atoms with Gasteiger partial charge in [-0.3, -0.25) is 0 Å². The van der Waals surface area contributed by atoms with E-state index < -0.39 is 17.9 Å².